The van der Waals surface area contributed by atoms with Crippen molar-refractivity contribution in [3.8, 4) is 0 Å². The summed E-state index contributed by atoms with van der Waals surface area (Å²) in [6.45, 7) is 0. The van der Waals surface area contributed by atoms with Gasteiger partial charge in [0.2, 0.25) is 10.2 Å². The fourth-order valence-corrected chi connectivity index (χ4v) is 4.86. The van der Waals surface area contributed by atoms with E-state index < -0.39 is 10.2 Å². The van der Waals surface area contributed by atoms with Crippen LogP contribution in [0, 0.1) is 5.82 Å². The largest absolute Gasteiger partial charge is 0.352 e. The molecule has 2 heterocycles. The van der Waals surface area contributed by atoms with Crippen LogP contribution in [-0.2, 0) is 14.4 Å². The highest BCUT2D eigenvalue weighted by molar-refractivity contribution is 7.98. The number of halogens is 1. The van der Waals surface area contributed by atoms with Crippen molar-refractivity contribution in [2.24, 2.45) is 0 Å². The first-order valence-corrected chi connectivity index (χ1v) is 7.80. The Morgan fingerprint density at radius 3 is 3.00 bits per heavy atom. The Morgan fingerprint density at radius 1 is 1.50 bits per heavy atom. The van der Waals surface area contributed by atoms with Crippen LogP contribution in [0.4, 0.5) is 10.1 Å². The van der Waals surface area contributed by atoms with Crippen molar-refractivity contribution in [2.45, 2.75) is 12.1 Å². The van der Waals surface area contributed by atoms with Gasteiger partial charge in [-0.15, -0.1) is 0 Å². The van der Waals surface area contributed by atoms with E-state index in [2.05, 4.69) is 5.32 Å². The van der Waals surface area contributed by atoms with Gasteiger partial charge in [-0.2, -0.15) is 4.55 Å². The van der Waals surface area contributed by atoms with Gasteiger partial charge in [-0.1, -0.05) is 10.3 Å². The van der Waals surface area contributed by atoms with Crippen LogP contribution in [0.2, 0.25) is 0 Å². The first kappa shape index (κ1) is 12.0. The van der Waals surface area contributed by atoms with Gasteiger partial charge in [0, 0.05) is 5.69 Å². The van der Waals surface area contributed by atoms with Crippen LogP contribution < -0.4 is 10.2 Å². The van der Waals surface area contributed by atoms with Gasteiger partial charge in [0.1, 0.15) is 17.9 Å². The third-order valence-corrected chi connectivity index (χ3v) is 5.34. The summed E-state index contributed by atoms with van der Waals surface area (Å²) in [6, 6.07) is 5.80. The number of fused-ring (bicyclic) bond motifs is 1. The van der Waals surface area contributed by atoms with E-state index in [4.69, 9.17) is 12.2 Å². The number of hydrogen-bond acceptors (Lipinski definition) is 2. The summed E-state index contributed by atoms with van der Waals surface area (Å²) < 4.78 is 34.6. The molecule has 0 saturated carbocycles. The molecule has 2 aliphatic rings. The number of thiocarbonyl (C=S) groups is 1. The Morgan fingerprint density at radius 2 is 2.28 bits per heavy atom. The van der Waals surface area contributed by atoms with E-state index in [9.17, 15) is 13.2 Å². The second kappa shape index (κ2) is 3.97. The van der Waals surface area contributed by atoms with Gasteiger partial charge in [0.05, 0.1) is 0 Å². The molecule has 2 fully saturated rings. The predicted molar refractivity (Wildman–Crippen MR) is 72.6 cm³/mol. The van der Waals surface area contributed by atoms with E-state index in [0.717, 1.165) is 0 Å². The summed E-state index contributed by atoms with van der Waals surface area (Å²) in [5, 5.41) is 3.53. The van der Waals surface area contributed by atoms with Gasteiger partial charge in [-0.3, -0.25) is 0 Å². The van der Waals surface area contributed by atoms with Crippen LogP contribution >= 0.6 is 12.2 Å². The first-order chi connectivity index (χ1) is 8.46. The molecule has 0 bridgehead atoms. The third-order valence-electron chi connectivity index (χ3n) is 3.28. The molecule has 1 unspecified atom stereocenters. The van der Waals surface area contributed by atoms with Crippen LogP contribution in [-0.4, -0.2) is 33.3 Å². The molecule has 1 aromatic carbocycles. The molecular formula is C11H12FN2O2S2+. The standard InChI is InChI=1S/C11H11FN2O2S2/c12-7-2-1-3-8(4-7)14-10-6-18(15,16)5-9(10)13-11(14)17/h1-4,9-10H,5-6H2,(H-,13,15,16,17)/p+1/t9-,10+/m0/s1. The maximum atomic E-state index is 13.2. The van der Waals surface area contributed by atoms with Crippen molar-refractivity contribution in [3.63, 3.8) is 0 Å². The molecule has 3 rings (SSSR count). The summed E-state index contributed by atoms with van der Waals surface area (Å²) in [5.74, 6) is 0.0202. The molecule has 0 aliphatic carbocycles. The normalized spacial score (nSPS) is 34.6. The number of nitrogens with zero attached hydrogens (tertiary/aromatic N) is 1. The third kappa shape index (κ3) is 1.92. The van der Waals surface area contributed by atoms with E-state index >= 15 is 0 Å². The van der Waals surface area contributed by atoms with Gasteiger partial charge in [0.25, 0.3) is 0 Å². The van der Waals surface area contributed by atoms with Crippen LogP contribution in [0.3, 0.4) is 0 Å². The van der Waals surface area contributed by atoms with Crippen LogP contribution in [0.1, 0.15) is 0 Å². The van der Waals surface area contributed by atoms with E-state index in [-0.39, 0.29) is 29.4 Å². The molecule has 3 atom stereocenters. The molecule has 2 saturated heterocycles. The van der Waals surface area contributed by atoms with Gasteiger partial charge >= 0.3 is 0 Å². The fourth-order valence-electron chi connectivity index (χ4n) is 2.55. The van der Waals surface area contributed by atoms with Gasteiger partial charge < -0.3 is 10.2 Å². The van der Waals surface area contributed by atoms with E-state index in [0.29, 0.717) is 10.8 Å². The maximum absolute atomic E-state index is 13.2. The Labute approximate surface area is 110 Å². The van der Waals surface area contributed by atoms with Gasteiger partial charge in [0.15, 0.2) is 16.6 Å². The molecule has 4 nitrogen and oxygen atoms in total. The lowest BCUT2D eigenvalue weighted by Crippen LogP contribution is -2.37. The molecule has 0 amide bonds. The van der Waals surface area contributed by atoms with E-state index in [1.54, 1.807) is 17.0 Å². The molecule has 0 aromatic heterocycles. The highest BCUT2D eigenvalue weighted by atomic mass is 32.3. The van der Waals surface area contributed by atoms with Crippen molar-refractivity contribution in [1.82, 2.24) is 5.32 Å². The van der Waals surface area contributed by atoms with Crippen LogP contribution in [0.15, 0.2) is 24.3 Å². The zero-order valence-electron chi connectivity index (χ0n) is 9.38. The number of hydrogen-bond donors (Lipinski definition) is 2. The Balaban J connectivity index is 1.97. The summed E-state index contributed by atoms with van der Waals surface area (Å²) in [5.41, 5.74) is 0.622. The lowest BCUT2D eigenvalue weighted by Gasteiger charge is -2.22. The zero-order chi connectivity index (χ0) is 12.9. The molecule has 0 radical (unpaired) electrons. The van der Waals surface area contributed by atoms with Crippen molar-refractivity contribution in [2.75, 3.05) is 16.4 Å². The summed E-state index contributed by atoms with van der Waals surface area (Å²) in [4.78, 5) is 1.74. The SMILES string of the molecule is O=[S+]1(O)C[C@@H]2NC(=S)N(c3cccc(F)c3)[C@@H]2C1. The first-order valence-electron chi connectivity index (χ1n) is 5.53. The minimum absolute atomic E-state index is 0.127. The van der Waals surface area contributed by atoms with Gasteiger partial charge in [-0.05, 0) is 30.4 Å². The number of rotatable bonds is 1. The molecular weight excluding hydrogens is 275 g/mol. The zero-order valence-corrected chi connectivity index (χ0v) is 11.0. The molecule has 1 aromatic rings. The van der Waals surface area contributed by atoms with Crippen LogP contribution in [0.5, 0.6) is 0 Å². The number of benzene rings is 1. The minimum atomic E-state index is -2.79. The van der Waals surface area contributed by atoms with Crippen molar-refractivity contribution in [1.29, 1.82) is 0 Å². The summed E-state index contributed by atoms with van der Waals surface area (Å²) in [6.07, 6.45) is 0. The molecule has 18 heavy (non-hydrogen) atoms. The minimum Gasteiger partial charge on any atom is -0.352 e. The molecule has 2 aliphatic heterocycles. The average Bonchev–Trinajstić information content (AvgIpc) is 2.68. The lowest BCUT2D eigenvalue weighted by molar-refractivity contribution is 0.502. The Kier molecular flexibility index (Phi) is 2.65. The Bertz CT molecular complexity index is 566. The molecule has 7 heteroatoms. The lowest BCUT2D eigenvalue weighted by atomic mass is 10.1. The van der Waals surface area contributed by atoms with E-state index in [1.165, 1.54) is 12.1 Å². The van der Waals surface area contributed by atoms with Crippen LogP contribution in [0.25, 0.3) is 0 Å². The smallest absolute Gasteiger partial charge is 0.218 e. The van der Waals surface area contributed by atoms with Crippen molar-refractivity contribution >= 4 is 33.2 Å². The predicted octanol–water partition coefficient (Wildman–Crippen LogP) is 1.24. The fraction of sp³-hybridized carbons (Fsp3) is 0.364. The quantitative estimate of drug-likeness (QED) is 0.601. The van der Waals surface area contributed by atoms with E-state index in [1.807, 2.05) is 0 Å². The summed E-state index contributed by atoms with van der Waals surface area (Å²) in [7, 11) is -2.79. The Hall–Kier alpha value is -1.05. The second-order valence-electron chi connectivity index (χ2n) is 4.58. The molecule has 2 N–H and O–H groups in total. The highest BCUT2D eigenvalue weighted by Crippen LogP contribution is 2.31. The second-order valence-corrected chi connectivity index (χ2v) is 7.18. The number of anilines is 1. The monoisotopic (exact) mass is 287 g/mol. The van der Waals surface area contributed by atoms with Crippen molar-refractivity contribution < 1.29 is 13.2 Å². The average molecular weight is 287 g/mol. The van der Waals surface area contributed by atoms with Gasteiger partial charge in [-0.25, -0.2) is 4.39 Å². The summed E-state index contributed by atoms with van der Waals surface area (Å²) >= 11 is 5.21. The molecule has 0 spiro atoms. The topological polar surface area (TPSA) is 52.6 Å². The highest BCUT2D eigenvalue weighted by Gasteiger charge is 2.54. The maximum Gasteiger partial charge on any atom is 0.218 e. The number of nitrogens with one attached hydrogen (secondary N) is 1. The van der Waals surface area contributed by atoms with Crippen molar-refractivity contribution in [3.05, 3.63) is 30.1 Å². The molecule has 96 valence electrons.